The van der Waals surface area contributed by atoms with Gasteiger partial charge in [-0.25, -0.2) is 0 Å². The number of aryl methyl sites for hydroxylation is 1. The summed E-state index contributed by atoms with van der Waals surface area (Å²) in [4.78, 5) is 19.7. The van der Waals surface area contributed by atoms with Crippen LogP contribution in [0.25, 0.3) is 5.69 Å². The van der Waals surface area contributed by atoms with Crippen LogP contribution in [0, 0.1) is 6.92 Å². The maximum atomic E-state index is 12.9. The minimum absolute atomic E-state index is 0.0518. The summed E-state index contributed by atoms with van der Waals surface area (Å²) >= 11 is 5.81. The van der Waals surface area contributed by atoms with Gasteiger partial charge in [0, 0.05) is 42.4 Å². The topological polar surface area (TPSA) is 71.4 Å². The number of benzene rings is 2. The van der Waals surface area contributed by atoms with Gasteiger partial charge in [0.1, 0.15) is 5.75 Å². The van der Waals surface area contributed by atoms with Gasteiger partial charge in [-0.2, -0.15) is 0 Å². The molecule has 38 heavy (non-hydrogen) atoms. The van der Waals surface area contributed by atoms with Crippen LogP contribution in [-0.2, 0) is 4.79 Å². The summed E-state index contributed by atoms with van der Waals surface area (Å²) in [7, 11) is 0. The van der Waals surface area contributed by atoms with Crippen LogP contribution in [0.15, 0.2) is 91.3 Å². The summed E-state index contributed by atoms with van der Waals surface area (Å²) in [5, 5.41) is 7.12. The number of nitrogens with one attached hydrogen (secondary N) is 2. The SMILES string of the molecule is CCOc1ccc(-n2cccc2[C@H]2[C@@H](c3ccccn3)NC(=S)N2CCC(=O)Nc2ccccc2C)cc1. The Hall–Kier alpha value is -4.17. The predicted molar refractivity (Wildman–Crippen MR) is 154 cm³/mol. The number of thiocarbonyl (C=S) groups is 1. The van der Waals surface area contributed by atoms with Crippen molar-refractivity contribution in [2.75, 3.05) is 18.5 Å². The van der Waals surface area contributed by atoms with E-state index in [2.05, 4.69) is 31.2 Å². The number of hydrogen-bond acceptors (Lipinski definition) is 4. The van der Waals surface area contributed by atoms with Gasteiger partial charge >= 0.3 is 0 Å². The number of pyridine rings is 1. The second kappa shape index (κ2) is 11.5. The van der Waals surface area contributed by atoms with Crippen molar-refractivity contribution in [2.45, 2.75) is 32.4 Å². The van der Waals surface area contributed by atoms with Gasteiger partial charge in [0.05, 0.1) is 24.4 Å². The molecule has 0 aliphatic carbocycles. The number of aromatic nitrogens is 2. The monoisotopic (exact) mass is 525 g/mol. The van der Waals surface area contributed by atoms with Gasteiger partial charge in [-0.3, -0.25) is 9.78 Å². The van der Waals surface area contributed by atoms with Gasteiger partial charge in [-0.1, -0.05) is 24.3 Å². The number of rotatable bonds is 9. The molecular formula is C30H31N5O2S. The van der Waals surface area contributed by atoms with E-state index in [0.29, 0.717) is 24.7 Å². The maximum absolute atomic E-state index is 12.9. The molecule has 4 aromatic rings. The van der Waals surface area contributed by atoms with E-state index in [1.165, 1.54) is 0 Å². The third-order valence-electron chi connectivity index (χ3n) is 6.71. The molecule has 2 N–H and O–H groups in total. The van der Waals surface area contributed by atoms with Crippen molar-refractivity contribution in [1.82, 2.24) is 19.8 Å². The number of carbonyl (C=O) groups excluding carboxylic acids is 1. The van der Waals surface area contributed by atoms with Crippen LogP contribution in [0.1, 0.15) is 42.4 Å². The first kappa shape index (κ1) is 25.5. The fraction of sp³-hybridized carbons (Fsp3) is 0.233. The van der Waals surface area contributed by atoms with Crippen LogP contribution >= 0.6 is 12.2 Å². The third-order valence-corrected chi connectivity index (χ3v) is 7.06. The van der Waals surface area contributed by atoms with Crippen molar-refractivity contribution in [3.05, 3.63) is 108 Å². The molecule has 0 bridgehead atoms. The summed E-state index contributed by atoms with van der Waals surface area (Å²) in [6, 6.07) is 25.5. The average molecular weight is 526 g/mol. The molecule has 2 atom stereocenters. The molecule has 0 spiro atoms. The smallest absolute Gasteiger partial charge is 0.226 e. The van der Waals surface area contributed by atoms with Crippen LogP contribution in [0.4, 0.5) is 5.69 Å². The molecule has 3 heterocycles. The molecule has 2 aromatic heterocycles. The fourth-order valence-corrected chi connectivity index (χ4v) is 5.19. The molecule has 1 aliphatic rings. The number of amides is 1. The first-order valence-electron chi connectivity index (χ1n) is 12.8. The normalized spacial score (nSPS) is 16.8. The highest BCUT2D eigenvalue weighted by molar-refractivity contribution is 7.80. The molecule has 2 aromatic carbocycles. The zero-order valence-electron chi connectivity index (χ0n) is 21.5. The third kappa shape index (κ3) is 5.40. The van der Waals surface area contributed by atoms with Gasteiger partial charge in [-0.15, -0.1) is 0 Å². The summed E-state index contributed by atoms with van der Waals surface area (Å²) < 4.78 is 7.79. The molecule has 7 nitrogen and oxygen atoms in total. The van der Waals surface area contributed by atoms with Crippen LogP contribution in [-0.4, -0.2) is 38.6 Å². The zero-order chi connectivity index (χ0) is 26.5. The van der Waals surface area contributed by atoms with Crippen LogP contribution in [0.2, 0.25) is 0 Å². The molecule has 0 saturated carbocycles. The Morgan fingerprint density at radius 3 is 2.58 bits per heavy atom. The van der Waals surface area contributed by atoms with Gasteiger partial charge in [0.25, 0.3) is 0 Å². The van der Waals surface area contributed by atoms with E-state index in [1.807, 2.05) is 92.8 Å². The summed E-state index contributed by atoms with van der Waals surface area (Å²) in [5.41, 5.74) is 4.82. The number of para-hydroxylation sites is 1. The molecule has 194 valence electrons. The van der Waals surface area contributed by atoms with Crippen molar-refractivity contribution < 1.29 is 9.53 Å². The van der Waals surface area contributed by atoms with E-state index in [1.54, 1.807) is 6.20 Å². The Balaban J connectivity index is 1.43. The first-order chi connectivity index (χ1) is 18.5. The van der Waals surface area contributed by atoms with E-state index < -0.39 is 0 Å². The van der Waals surface area contributed by atoms with E-state index in [4.69, 9.17) is 17.0 Å². The molecule has 0 radical (unpaired) electrons. The lowest BCUT2D eigenvalue weighted by Crippen LogP contribution is -2.33. The Morgan fingerprint density at radius 2 is 1.84 bits per heavy atom. The van der Waals surface area contributed by atoms with Crippen molar-refractivity contribution in [1.29, 1.82) is 0 Å². The quantitative estimate of drug-likeness (QED) is 0.278. The van der Waals surface area contributed by atoms with Gasteiger partial charge in [-0.05, 0) is 86.2 Å². The Morgan fingerprint density at radius 1 is 1.05 bits per heavy atom. The van der Waals surface area contributed by atoms with Crippen LogP contribution in [0.5, 0.6) is 5.75 Å². The van der Waals surface area contributed by atoms with E-state index >= 15 is 0 Å². The summed E-state index contributed by atoms with van der Waals surface area (Å²) in [6.45, 7) is 5.04. The number of hydrogen-bond donors (Lipinski definition) is 2. The Kier molecular flexibility index (Phi) is 7.70. The summed E-state index contributed by atoms with van der Waals surface area (Å²) in [5.74, 6) is 0.783. The Labute approximate surface area is 228 Å². The number of ether oxygens (including phenoxy) is 1. The van der Waals surface area contributed by atoms with Crippen molar-refractivity contribution in [3.63, 3.8) is 0 Å². The minimum Gasteiger partial charge on any atom is -0.494 e. The van der Waals surface area contributed by atoms with E-state index in [9.17, 15) is 4.79 Å². The lowest BCUT2D eigenvalue weighted by Gasteiger charge is -2.29. The maximum Gasteiger partial charge on any atom is 0.226 e. The number of nitrogens with zero attached hydrogens (tertiary/aromatic N) is 3. The Bertz CT molecular complexity index is 1400. The molecule has 0 unspecified atom stereocenters. The molecular weight excluding hydrogens is 494 g/mol. The van der Waals surface area contributed by atoms with Gasteiger partial charge in [0.15, 0.2) is 5.11 Å². The summed E-state index contributed by atoms with van der Waals surface area (Å²) in [6.07, 6.45) is 4.14. The largest absolute Gasteiger partial charge is 0.494 e. The molecule has 1 aliphatic heterocycles. The van der Waals surface area contributed by atoms with Crippen molar-refractivity contribution >= 4 is 28.9 Å². The lowest BCUT2D eigenvalue weighted by atomic mass is 10.0. The van der Waals surface area contributed by atoms with E-state index in [0.717, 1.165) is 34.1 Å². The van der Waals surface area contributed by atoms with Gasteiger partial charge in [0.2, 0.25) is 5.91 Å². The second-order valence-corrected chi connectivity index (χ2v) is 9.55. The highest BCUT2D eigenvalue weighted by Crippen LogP contribution is 2.39. The van der Waals surface area contributed by atoms with Gasteiger partial charge < -0.3 is 24.8 Å². The fourth-order valence-electron chi connectivity index (χ4n) is 4.86. The minimum atomic E-state index is -0.167. The molecule has 1 fully saturated rings. The molecule has 1 amide bonds. The number of carbonyl (C=O) groups is 1. The van der Waals surface area contributed by atoms with Crippen LogP contribution in [0.3, 0.4) is 0 Å². The highest BCUT2D eigenvalue weighted by atomic mass is 32.1. The van der Waals surface area contributed by atoms with E-state index in [-0.39, 0.29) is 18.0 Å². The van der Waals surface area contributed by atoms with Crippen LogP contribution < -0.4 is 15.4 Å². The lowest BCUT2D eigenvalue weighted by molar-refractivity contribution is -0.116. The van der Waals surface area contributed by atoms with Crippen molar-refractivity contribution in [3.8, 4) is 11.4 Å². The molecule has 8 heteroatoms. The van der Waals surface area contributed by atoms with Crippen molar-refractivity contribution in [2.24, 2.45) is 0 Å². The second-order valence-electron chi connectivity index (χ2n) is 9.16. The number of anilines is 1. The average Bonchev–Trinajstić information content (AvgIpc) is 3.54. The molecule has 5 rings (SSSR count). The molecule has 1 saturated heterocycles. The standard InChI is InChI=1S/C30H31N5O2S/c1-3-37-23-15-13-22(14-16-23)34-19-8-12-26(34)29-28(25-11-6-7-18-31-25)33-30(38)35(29)20-17-27(36)32-24-10-5-4-9-21(24)2/h4-16,18-19,28-29H,3,17,20H2,1-2H3,(H,32,36)(H,33,38)/t28-,29+/m1/s1. The highest BCUT2D eigenvalue weighted by Gasteiger charge is 2.41. The first-order valence-corrected chi connectivity index (χ1v) is 13.2. The zero-order valence-corrected chi connectivity index (χ0v) is 22.3. The predicted octanol–water partition coefficient (Wildman–Crippen LogP) is 5.58.